The van der Waals surface area contributed by atoms with Crippen molar-refractivity contribution in [2.75, 3.05) is 19.5 Å². The molecule has 1 aromatic carbocycles. The molecule has 0 aliphatic heterocycles. The van der Waals surface area contributed by atoms with Gasteiger partial charge in [-0.3, -0.25) is 0 Å². The van der Waals surface area contributed by atoms with E-state index in [1.807, 2.05) is 0 Å². The van der Waals surface area contributed by atoms with E-state index in [2.05, 4.69) is 31.2 Å². The molecule has 0 atom stereocenters. The third kappa shape index (κ3) is 3.57. The van der Waals surface area contributed by atoms with Crippen molar-refractivity contribution in [1.82, 2.24) is 9.97 Å². The summed E-state index contributed by atoms with van der Waals surface area (Å²) in [5.74, 6) is 0.821. The Balaban J connectivity index is 2.16. The number of nitrogens with zero attached hydrogens (tertiary/aromatic N) is 2. The normalized spacial score (nSPS) is 10.2. The molecule has 1 aromatic heterocycles. The number of halogens is 2. The Bertz CT molecular complexity index is 588. The number of rotatable bonds is 5. The molecule has 1 N–H and O–H groups in total. The van der Waals surface area contributed by atoms with Crippen molar-refractivity contribution in [3.63, 3.8) is 0 Å². The average Bonchev–Trinajstić information content (AvgIpc) is 2.47. The smallest absolute Gasteiger partial charge is 0.229 e. The third-order valence-electron chi connectivity index (χ3n) is 2.54. The molecule has 0 aliphatic rings. The van der Waals surface area contributed by atoms with Gasteiger partial charge in [0, 0.05) is 11.0 Å². The fraction of sp³-hybridized carbons (Fsp3) is 0.231. The first-order valence-electron chi connectivity index (χ1n) is 5.77. The zero-order chi connectivity index (χ0) is 14.5. The van der Waals surface area contributed by atoms with Gasteiger partial charge in [-0.05, 0) is 23.8 Å². The van der Waals surface area contributed by atoms with Gasteiger partial charge in [-0.2, -0.15) is 9.97 Å². The number of nitrogens with one attached hydrogen (secondary N) is 1. The molecule has 0 amide bonds. The van der Waals surface area contributed by atoms with E-state index in [0.717, 1.165) is 10.0 Å². The summed E-state index contributed by atoms with van der Waals surface area (Å²) in [6.45, 7) is 0.370. The van der Waals surface area contributed by atoms with Crippen LogP contribution in [-0.2, 0) is 6.54 Å². The van der Waals surface area contributed by atoms with Gasteiger partial charge in [0.1, 0.15) is 5.82 Å². The quantitative estimate of drug-likeness (QED) is 0.905. The summed E-state index contributed by atoms with van der Waals surface area (Å²) < 4.78 is 24.1. The lowest BCUT2D eigenvalue weighted by molar-refractivity contribution is 0.373. The topological polar surface area (TPSA) is 56.3 Å². The van der Waals surface area contributed by atoms with Crippen LogP contribution in [0.5, 0.6) is 11.8 Å². The second-order valence-electron chi connectivity index (χ2n) is 3.87. The Morgan fingerprint density at radius 2 is 1.80 bits per heavy atom. The van der Waals surface area contributed by atoms with Crippen LogP contribution in [0.15, 0.2) is 28.7 Å². The summed E-state index contributed by atoms with van der Waals surface area (Å²) in [5, 5.41) is 3.00. The molecule has 0 bridgehead atoms. The number of hydrogen-bond donors (Lipinski definition) is 1. The molecule has 0 radical (unpaired) electrons. The molecule has 2 rings (SSSR count). The standard InChI is InChI=1S/C13H13BrFN3O2/c1-19-11-6-12(20-2)18-13(17-11)16-7-8-5-9(15)3-4-10(8)14/h3-6H,7H2,1-2H3,(H,16,17,18). The Labute approximate surface area is 124 Å². The fourth-order valence-electron chi connectivity index (χ4n) is 1.55. The molecule has 0 spiro atoms. The summed E-state index contributed by atoms with van der Waals surface area (Å²) in [5.41, 5.74) is 0.760. The highest BCUT2D eigenvalue weighted by atomic mass is 79.9. The second kappa shape index (κ2) is 6.51. The fourth-order valence-corrected chi connectivity index (χ4v) is 1.93. The predicted molar refractivity (Wildman–Crippen MR) is 76.6 cm³/mol. The summed E-state index contributed by atoms with van der Waals surface area (Å²) >= 11 is 3.36. The number of ether oxygens (including phenoxy) is 2. The van der Waals surface area contributed by atoms with E-state index in [9.17, 15) is 4.39 Å². The molecule has 0 unspecified atom stereocenters. The molecule has 0 aliphatic carbocycles. The van der Waals surface area contributed by atoms with Crippen LogP contribution in [0.3, 0.4) is 0 Å². The minimum absolute atomic E-state index is 0.297. The lowest BCUT2D eigenvalue weighted by Crippen LogP contribution is -2.06. The zero-order valence-corrected chi connectivity index (χ0v) is 12.6. The molecule has 0 saturated heterocycles. The first-order valence-corrected chi connectivity index (χ1v) is 6.56. The number of anilines is 1. The monoisotopic (exact) mass is 341 g/mol. The number of benzene rings is 1. The van der Waals surface area contributed by atoms with Gasteiger partial charge in [0.25, 0.3) is 0 Å². The first kappa shape index (κ1) is 14.5. The van der Waals surface area contributed by atoms with Gasteiger partial charge in [-0.1, -0.05) is 15.9 Å². The molecule has 7 heteroatoms. The van der Waals surface area contributed by atoms with Crippen molar-refractivity contribution in [2.24, 2.45) is 0 Å². The largest absolute Gasteiger partial charge is 0.481 e. The van der Waals surface area contributed by atoms with E-state index in [0.29, 0.717) is 24.3 Å². The first-order chi connectivity index (χ1) is 9.62. The van der Waals surface area contributed by atoms with Crippen molar-refractivity contribution in [2.45, 2.75) is 6.54 Å². The minimum Gasteiger partial charge on any atom is -0.481 e. The van der Waals surface area contributed by atoms with Crippen molar-refractivity contribution >= 4 is 21.9 Å². The summed E-state index contributed by atoms with van der Waals surface area (Å²) in [6, 6.07) is 6.05. The van der Waals surface area contributed by atoms with Gasteiger partial charge in [0.15, 0.2) is 0 Å². The molecule has 0 saturated carbocycles. The van der Waals surface area contributed by atoms with E-state index in [4.69, 9.17) is 9.47 Å². The highest BCUT2D eigenvalue weighted by molar-refractivity contribution is 9.10. The van der Waals surface area contributed by atoms with E-state index < -0.39 is 0 Å². The van der Waals surface area contributed by atoms with E-state index in [1.54, 1.807) is 12.1 Å². The Kier molecular flexibility index (Phi) is 4.73. The van der Waals surface area contributed by atoms with Gasteiger partial charge in [-0.15, -0.1) is 0 Å². The van der Waals surface area contributed by atoms with Crippen molar-refractivity contribution in [3.05, 3.63) is 40.1 Å². The van der Waals surface area contributed by atoms with Crippen LogP contribution < -0.4 is 14.8 Å². The maximum absolute atomic E-state index is 13.2. The maximum Gasteiger partial charge on any atom is 0.229 e. The zero-order valence-electron chi connectivity index (χ0n) is 11.0. The molecular weight excluding hydrogens is 329 g/mol. The molecule has 1 heterocycles. The molecule has 106 valence electrons. The van der Waals surface area contributed by atoms with Crippen LogP contribution in [-0.4, -0.2) is 24.2 Å². The Morgan fingerprint density at radius 1 is 1.15 bits per heavy atom. The molecular formula is C13H13BrFN3O2. The minimum atomic E-state index is -0.297. The van der Waals surface area contributed by atoms with Crippen LogP contribution in [0.4, 0.5) is 10.3 Å². The van der Waals surface area contributed by atoms with E-state index in [1.165, 1.54) is 26.4 Å². The SMILES string of the molecule is COc1cc(OC)nc(NCc2cc(F)ccc2Br)n1. The number of aromatic nitrogens is 2. The molecule has 2 aromatic rings. The van der Waals surface area contributed by atoms with Gasteiger partial charge in [-0.25, -0.2) is 4.39 Å². The molecule has 0 fully saturated rings. The van der Waals surface area contributed by atoms with Crippen molar-refractivity contribution in [1.29, 1.82) is 0 Å². The van der Waals surface area contributed by atoms with Gasteiger partial charge >= 0.3 is 0 Å². The lowest BCUT2D eigenvalue weighted by atomic mass is 10.2. The van der Waals surface area contributed by atoms with Gasteiger partial charge in [0.05, 0.1) is 20.3 Å². The second-order valence-corrected chi connectivity index (χ2v) is 4.72. The average molecular weight is 342 g/mol. The Morgan fingerprint density at radius 3 is 2.40 bits per heavy atom. The van der Waals surface area contributed by atoms with E-state index in [-0.39, 0.29) is 5.82 Å². The predicted octanol–water partition coefficient (Wildman–Crippen LogP) is 3.01. The summed E-state index contributed by atoms with van der Waals surface area (Å²) in [7, 11) is 3.02. The van der Waals surface area contributed by atoms with Crippen LogP contribution in [0.1, 0.15) is 5.56 Å². The summed E-state index contributed by atoms with van der Waals surface area (Å²) in [4.78, 5) is 8.27. The van der Waals surface area contributed by atoms with Crippen LogP contribution in [0, 0.1) is 5.82 Å². The highest BCUT2D eigenvalue weighted by Crippen LogP contribution is 2.21. The van der Waals surface area contributed by atoms with Gasteiger partial charge < -0.3 is 14.8 Å². The molecule has 20 heavy (non-hydrogen) atoms. The number of methoxy groups -OCH3 is 2. The number of hydrogen-bond acceptors (Lipinski definition) is 5. The third-order valence-corrected chi connectivity index (χ3v) is 3.32. The van der Waals surface area contributed by atoms with Gasteiger partial charge in [0.2, 0.25) is 17.7 Å². The summed E-state index contributed by atoms with van der Waals surface area (Å²) in [6.07, 6.45) is 0. The molecule has 5 nitrogen and oxygen atoms in total. The van der Waals surface area contributed by atoms with Crippen LogP contribution in [0.25, 0.3) is 0 Å². The van der Waals surface area contributed by atoms with E-state index >= 15 is 0 Å². The van der Waals surface area contributed by atoms with Crippen molar-refractivity contribution < 1.29 is 13.9 Å². The van der Waals surface area contributed by atoms with Crippen molar-refractivity contribution in [3.8, 4) is 11.8 Å². The van der Waals surface area contributed by atoms with Crippen LogP contribution in [0.2, 0.25) is 0 Å². The maximum atomic E-state index is 13.2. The Hall–Kier alpha value is -1.89. The van der Waals surface area contributed by atoms with Crippen LogP contribution >= 0.6 is 15.9 Å². The lowest BCUT2D eigenvalue weighted by Gasteiger charge is -2.09. The highest BCUT2D eigenvalue weighted by Gasteiger charge is 2.07.